The third-order valence-electron chi connectivity index (χ3n) is 5.83. The molecule has 174 valence electrons. The van der Waals surface area contributed by atoms with E-state index in [2.05, 4.69) is 22.5 Å². The van der Waals surface area contributed by atoms with Crippen LogP contribution in [0.2, 0.25) is 0 Å². The number of hydrogen-bond acceptors (Lipinski definition) is 5. The summed E-state index contributed by atoms with van der Waals surface area (Å²) >= 11 is 0. The Morgan fingerprint density at radius 3 is 2.52 bits per heavy atom. The van der Waals surface area contributed by atoms with Crippen LogP contribution in [0.4, 0.5) is 0 Å². The topological polar surface area (TPSA) is 122 Å². The molecule has 2 rings (SSSR count). The fraction of sp³-hybridized carbons (Fsp3) is 0.636. The molecule has 3 atom stereocenters. The van der Waals surface area contributed by atoms with Crippen LogP contribution < -0.4 is 15.8 Å². The van der Waals surface area contributed by atoms with E-state index in [0.29, 0.717) is 19.5 Å². The Balaban J connectivity index is 1.80. The maximum absolute atomic E-state index is 12.6. The second-order valence-electron chi connectivity index (χ2n) is 8.44. The molecule has 31 heavy (non-hydrogen) atoms. The SMILES string of the molecule is CCCC(C)NC(=O)C1CCCN(C(C)C(=O)NCCc2ccc(S(N)(=O)=O)cc2)C1. The van der Waals surface area contributed by atoms with Crippen LogP contribution >= 0.6 is 0 Å². The molecule has 1 aromatic carbocycles. The average molecular weight is 453 g/mol. The number of rotatable bonds is 10. The van der Waals surface area contributed by atoms with Crippen LogP contribution in [0.25, 0.3) is 0 Å². The quantitative estimate of drug-likeness (QED) is 0.495. The number of primary sulfonamides is 1. The highest BCUT2D eigenvalue weighted by Crippen LogP contribution is 2.19. The summed E-state index contributed by atoms with van der Waals surface area (Å²) < 4.78 is 22.6. The van der Waals surface area contributed by atoms with Crippen molar-refractivity contribution in [2.75, 3.05) is 19.6 Å². The van der Waals surface area contributed by atoms with Crippen molar-refractivity contribution in [2.45, 2.75) is 69.9 Å². The Hall–Kier alpha value is -1.97. The number of nitrogens with zero attached hydrogens (tertiary/aromatic N) is 1. The third kappa shape index (κ3) is 7.90. The van der Waals surface area contributed by atoms with E-state index in [0.717, 1.165) is 37.8 Å². The van der Waals surface area contributed by atoms with Gasteiger partial charge in [0.25, 0.3) is 0 Å². The molecule has 4 N–H and O–H groups in total. The van der Waals surface area contributed by atoms with Gasteiger partial charge in [0.15, 0.2) is 0 Å². The van der Waals surface area contributed by atoms with E-state index >= 15 is 0 Å². The smallest absolute Gasteiger partial charge is 0.238 e. The second-order valence-corrected chi connectivity index (χ2v) is 10.00. The van der Waals surface area contributed by atoms with Crippen LogP contribution in [0, 0.1) is 5.92 Å². The molecule has 1 fully saturated rings. The summed E-state index contributed by atoms with van der Waals surface area (Å²) in [6.45, 7) is 7.85. The summed E-state index contributed by atoms with van der Waals surface area (Å²) in [5, 5.41) is 11.1. The Kier molecular flexibility index (Phi) is 9.46. The van der Waals surface area contributed by atoms with E-state index < -0.39 is 10.0 Å². The van der Waals surface area contributed by atoms with Gasteiger partial charge in [0, 0.05) is 19.1 Å². The van der Waals surface area contributed by atoms with Gasteiger partial charge in [-0.2, -0.15) is 0 Å². The molecule has 9 heteroatoms. The molecule has 1 aromatic rings. The number of hydrogen-bond donors (Lipinski definition) is 3. The number of benzene rings is 1. The van der Waals surface area contributed by atoms with Crippen molar-refractivity contribution < 1.29 is 18.0 Å². The summed E-state index contributed by atoms with van der Waals surface area (Å²) in [4.78, 5) is 27.3. The van der Waals surface area contributed by atoms with Gasteiger partial charge in [-0.25, -0.2) is 13.6 Å². The average Bonchev–Trinajstić information content (AvgIpc) is 2.73. The zero-order chi connectivity index (χ0) is 23.0. The Bertz CT molecular complexity index is 842. The highest BCUT2D eigenvalue weighted by molar-refractivity contribution is 7.89. The molecule has 0 saturated carbocycles. The predicted octanol–water partition coefficient (Wildman–Crippen LogP) is 1.40. The van der Waals surface area contributed by atoms with Crippen molar-refractivity contribution in [3.8, 4) is 0 Å². The molecule has 0 radical (unpaired) electrons. The standard InChI is InChI=1S/C22H36N4O4S/c1-4-6-16(2)25-22(28)19-7-5-14-26(15-19)17(3)21(27)24-13-12-18-8-10-20(11-9-18)31(23,29)30/h8-11,16-17,19H,4-7,12-15H2,1-3H3,(H,24,27)(H,25,28)(H2,23,29,30). The number of carbonyl (C=O) groups excluding carboxylic acids is 2. The molecule has 8 nitrogen and oxygen atoms in total. The van der Waals surface area contributed by atoms with E-state index in [-0.39, 0.29) is 34.7 Å². The maximum atomic E-state index is 12.6. The number of piperidine rings is 1. The lowest BCUT2D eigenvalue weighted by Gasteiger charge is -2.35. The lowest BCUT2D eigenvalue weighted by Crippen LogP contribution is -2.52. The summed E-state index contributed by atoms with van der Waals surface area (Å²) in [6.07, 6.45) is 4.33. The highest BCUT2D eigenvalue weighted by atomic mass is 32.2. The van der Waals surface area contributed by atoms with Crippen LogP contribution in [-0.2, 0) is 26.0 Å². The molecular weight excluding hydrogens is 416 g/mol. The van der Waals surface area contributed by atoms with Crippen molar-refractivity contribution in [1.82, 2.24) is 15.5 Å². The molecule has 0 aromatic heterocycles. The Labute approximate surface area is 186 Å². The number of nitrogens with one attached hydrogen (secondary N) is 2. The molecule has 1 heterocycles. The normalized spacial score (nSPS) is 19.4. The van der Waals surface area contributed by atoms with Gasteiger partial charge >= 0.3 is 0 Å². The summed E-state index contributed by atoms with van der Waals surface area (Å²) in [7, 11) is -3.70. The van der Waals surface area contributed by atoms with Crippen molar-refractivity contribution in [2.24, 2.45) is 11.1 Å². The summed E-state index contributed by atoms with van der Waals surface area (Å²) in [5.41, 5.74) is 0.913. The first kappa shape index (κ1) is 25.3. The lowest BCUT2D eigenvalue weighted by molar-refractivity contribution is -0.131. The fourth-order valence-electron chi connectivity index (χ4n) is 3.93. The molecule has 3 unspecified atom stereocenters. The van der Waals surface area contributed by atoms with Crippen molar-refractivity contribution in [1.29, 1.82) is 0 Å². The monoisotopic (exact) mass is 452 g/mol. The Morgan fingerprint density at radius 1 is 1.23 bits per heavy atom. The minimum absolute atomic E-state index is 0.0680. The van der Waals surface area contributed by atoms with Gasteiger partial charge in [-0.15, -0.1) is 0 Å². The van der Waals surface area contributed by atoms with Crippen molar-refractivity contribution in [3.63, 3.8) is 0 Å². The number of likely N-dealkylation sites (tertiary alicyclic amines) is 1. The molecule has 2 amide bonds. The molecule has 1 saturated heterocycles. The van der Waals surface area contributed by atoms with Gasteiger partial charge in [0.2, 0.25) is 21.8 Å². The third-order valence-corrected chi connectivity index (χ3v) is 6.76. The Morgan fingerprint density at radius 2 is 1.90 bits per heavy atom. The van der Waals surface area contributed by atoms with Crippen LogP contribution in [-0.4, -0.2) is 56.9 Å². The van der Waals surface area contributed by atoms with Crippen LogP contribution in [0.1, 0.15) is 52.0 Å². The number of nitrogens with two attached hydrogens (primary N) is 1. The maximum Gasteiger partial charge on any atom is 0.238 e. The largest absolute Gasteiger partial charge is 0.354 e. The van der Waals surface area contributed by atoms with Gasteiger partial charge < -0.3 is 10.6 Å². The van der Waals surface area contributed by atoms with Crippen molar-refractivity contribution >= 4 is 21.8 Å². The molecule has 1 aliphatic heterocycles. The first-order valence-electron chi connectivity index (χ1n) is 11.1. The van der Waals surface area contributed by atoms with Crippen LogP contribution in [0.5, 0.6) is 0 Å². The van der Waals surface area contributed by atoms with E-state index in [1.165, 1.54) is 12.1 Å². The van der Waals surface area contributed by atoms with E-state index in [9.17, 15) is 18.0 Å². The van der Waals surface area contributed by atoms with Gasteiger partial charge in [-0.3, -0.25) is 14.5 Å². The minimum Gasteiger partial charge on any atom is -0.354 e. The van der Waals surface area contributed by atoms with E-state index in [1.807, 2.05) is 13.8 Å². The highest BCUT2D eigenvalue weighted by Gasteiger charge is 2.31. The lowest BCUT2D eigenvalue weighted by atomic mass is 9.95. The first-order valence-corrected chi connectivity index (χ1v) is 12.6. The van der Waals surface area contributed by atoms with Crippen LogP contribution in [0.3, 0.4) is 0 Å². The zero-order valence-corrected chi connectivity index (χ0v) is 19.6. The number of sulfonamides is 1. The number of carbonyl (C=O) groups is 2. The second kappa shape index (κ2) is 11.6. The molecule has 0 spiro atoms. The van der Waals surface area contributed by atoms with Crippen molar-refractivity contribution in [3.05, 3.63) is 29.8 Å². The van der Waals surface area contributed by atoms with Gasteiger partial charge in [-0.1, -0.05) is 25.5 Å². The van der Waals surface area contributed by atoms with Gasteiger partial charge in [0.05, 0.1) is 16.9 Å². The van der Waals surface area contributed by atoms with Crippen LogP contribution in [0.15, 0.2) is 29.2 Å². The van der Waals surface area contributed by atoms with E-state index in [4.69, 9.17) is 5.14 Å². The molecular formula is C22H36N4O4S. The minimum atomic E-state index is -3.70. The summed E-state index contributed by atoms with van der Waals surface area (Å²) in [5.74, 6) is -0.0663. The predicted molar refractivity (Wildman–Crippen MR) is 121 cm³/mol. The van der Waals surface area contributed by atoms with E-state index in [1.54, 1.807) is 12.1 Å². The molecule has 0 bridgehead atoms. The molecule has 1 aliphatic rings. The van der Waals surface area contributed by atoms with Gasteiger partial charge in [0.1, 0.15) is 0 Å². The fourth-order valence-corrected chi connectivity index (χ4v) is 4.44. The summed E-state index contributed by atoms with van der Waals surface area (Å²) in [6, 6.07) is 6.19. The zero-order valence-electron chi connectivity index (χ0n) is 18.8. The number of amides is 2. The first-order chi connectivity index (χ1) is 14.6. The molecule has 0 aliphatic carbocycles. The van der Waals surface area contributed by atoms with Gasteiger partial charge in [-0.05, 0) is 63.8 Å².